The van der Waals surface area contributed by atoms with Crippen LogP contribution in [0.25, 0.3) is 0 Å². The second-order valence-electron chi connectivity index (χ2n) is 3.43. The van der Waals surface area contributed by atoms with Crippen LogP contribution in [0.15, 0.2) is 27.7 Å². The summed E-state index contributed by atoms with van der Waals surface area (Å²) in [5, 5.41) is 0.917. The minimum absolute atomic E-state index is 0.0234. The number of rotatable bonds is 3. The molecule has 0 fully saturated rings. The first-order chi connectivity index (χ1) is 7.65. The Morgan fingerprint density at radius 2 is 2.25 bits per heavy atom. The number of aromatic nitrogens is 3. The number of nitrogens with two attached hydrogens (primary N) is 1. The summed E-state index contributed by atoms with van der Waals surface area (Å²) in [6.07, 6.45) is 1.81. The predicted octanol–water partition coefficient (Wildman–Crippen LogP) is 2.41. The van der Waals surface area contributed by atoms with Crippen molar-refractivity contribution < 1.29 is 0 Å². The van der Waals surface area contributed by atoms with E-state index in [9.17, 15) is 0 Å². The van der Waals surface area contributed by atoms with Gasteiger partial charge in [0.15, 0.2) is 4.34 Å². The van der Waals surface area contributed by atoms with Gasteiger partial charge in [-0.3, -0.25) is 0 Å². The van der Waals surface area contributed by atoms with Crippen molar-refractivity contribution in [2.24, 2.45) is 5.73 Å². The lowest BCUT2D eigenvalue weighted by Gasteiger charge is -2.04. The number of hydrogen-bond donors (Lipinski definition) is 1. The van der Waals surface area contributed by atoms with Gasteiger partial charge in [-0.1, -0.05) is 6.07 Å². The maximum Gasteiger partial charge on any atom is 0.176 e. The predicted molar refractivity (Wildman–Crippen MR) is 65.6 cm³/mol. The first-order valence-corrected chi connectivity index (χ1v) is 6.44. The molecule has 1 atom stereocenters. The molecule has 0 amide bonds. The van der Waals surface area contributed by atoms with Gasteiger partial charge in [0.25, 0.3) is 0 Å². The van der Waals surface area contributed by atoms with E-state index in [1.54, 1.807) is 6.20 Å². The van der Waals surface area contributed by atoms with Gasteiger partial charge in [0.2, 0.25) is 0 Å². The summed E-state index contributed by atoms with van der Waals surface area (Å²) in [6, 6.07) is 3.98. The second-order valence-corrected chi connectivity index (χ2v) is 5.45. The summed E-state index contributed by atoms with van der Waals surface area (Å²) in [7, 11) is 0. The van der Waals surface area contributed by atoms with E-state index in [4.69, 9.17) is 5.73 Å². The normalized spacial score (nSPS) is 12.7. The highest BCUT2D eigenvalue weighted by atomic mass is 32.2. The average molecular weight is 252 g/mol. The summed E-state index contributed by atoms with van der Waals surface area (Å²) in [5.74, 6) is 0.805. The van der Waals surface area contributed by atoms with E-state index in [1.165, 1.54) is 23.3 Å². The van der Waals surface area contributed by atoms with Crippen LogP contribution in [0.4, 0.5) is 0 Å². The quantitative estimate of drug-likeness (QED) is 0.908. The zero-order valence-corrected chi connectivity index (χ0v) is 10.7. The van der Waals surface area contributed by atoms with Crippen molar-refractivity contribution in [2.45, 2.75) is 29.3 Å². The van der Waals surface area contributed by atoms with E-state index in [-0.39, 0.29) is 6.04 Å². The fourth-order valence-electron chi connectivity index (χ4n) is 1.13. The van der Waals surface area contributed by atoms with Crippen LogP contribution in [-0.4, -0.2) is 14.3 Å². The van der Waals surface area contributed by atoms with Gasteiger partial charge in [-0.2, -0.15) is 4.37 Å². The van der Waals surface area contributed by atoms with Crippen LogP contribution < -0.4 is 5.73 Å². The Balaban J connectivity index is 2.11. The molecule has 2 rings (SSSR count). The summed E-state index contributed by atoms with van der Waals surface area (Å²) in [4.78, 5) is 8.60. The lowest BCUT2D eigenvalue weighted by molar-refractivity contribution is 0.806. The highest BCUT2D eigenvalue weighted by Crippen LogP contribution is 2.27. The molecule has 0 saturated heterocycles. The molecule has 4 nitrogen and oxygen atoms in total. The first kappa shape index (κ1) is 11.5. The van der Waals surface area contributed by atoms with Crippen LogP contribution in [0.5, 0.6) is 0 Å². The average Bonchev–Trinajstić information content (AvgIpc) is 2.65. The van der Waals surface area contributed by atoms with Gasteiger partial charge in [0.1, 0.15) is 10.9 Å². The maximum absolute atomic E-state index is 5.75. The molecule has 0 aliphatic rings. The SMILES string of the molecule is Cc1nsc(Sc2ccc([C@H](C)N)cn2)n1. The van der Waals surface area contributed by atoms with Gasteiger partial charge in [0, 0.05) is 12.2 Å². The summed E-state index contributed by atoms with van der Waals surface area (Å²) in [6.45, 7) is 3.82. The zero-order valence-electron chi connectivity index (χ0n) is 9.04. The fourth-order valence-corrected chi connectivity index (χ4v) is 2.67. The Labute approximate surface area is 102 Å². The van der Waals surface area contributed by atoms with E-state index < -0.39 is 0 Å². The Bertz CT molecular complexity index is 464. The molecule has 16 heavy (non-hydrogen) atoms. The van der Waals surface area contributed by atoms with Crippen molar-refractivity contribution >= 4 is 23.3 Å². The van der Waals surface area contributed by atoms with Crippen LogP contribution >= 0.6 is 23.3 Å². The Morgan fingerprint density at radius 1 is 1.44 bits per heavy atom. The molecule has 84 valence electrons. The number of hydrogen-bond acceptors (Lipinski definition) is 6. The van der Waals surface area contributed by atoms with Crippen molar-refractivity contribution in [2.75, 3.05) is 0 Å². The summed E-state index contributed by atoms with van der Waals surface area (Å²) < 4.78 is 5.04. The third kappa shape index (κ3) is 2.78. The molecule has 6 heteroatoms. The van der Waals surface area contributed by atoms with E-state index >= 15 is 0 Å². The van der Waals surface area contributed by atoms with Gasteiger partial charge in [0.05, 0.1) is 0 Å². The van der Waals surface area contributed by atoms with E-state index in [0.717, 1.165) is 20.8 Å². The van der Waals surface area contributed by atoms with Gasteiger partial charge >= 0.3 is 0 Å². The Morgan fingerprint density at radius 3 is 2.75 bits per heavy atom. The van der Waals surface area contributed by atoms with Gasteiger partial charge in [-0.15, -0.1) is 0 Å². The monoisotopic (exact) mass is 252 g/mol. The number of nitrogens with zero attached hydrogens (tertiary/aromatic N) is 3. The summed E-state index contributed by atoms with van der Waals surface area (Å²) in [5.41, 5.74) is 6.79. The molecule has 0 spiro atoms. The Kier molecular flexibility index (Phi) is 3.52. The van der Waals surface area contributed by atoms with E-state index in [0.29, 0.717) is 0 Å². The van der Waals surface area contributed by atoms with Crippen molar-refractivity contribution in [1.82, 2.24) is 14.3 Å². The molecule has 2 heterocycles. The molecule has 0 aliphatic carbocycles. The van der Waals surface area contributed by atoms with Crippen molar-refractivity contribution in [3.63, 3.8) is 0 Å². The zero-order chi connectivity index (χ0) is 11.5. The molecular weight excluding hydrogens is 240 g/mol. The van der Waals surface area contributed by atoms with Crippen LogP contribution in [0, 0.1) is 6.92 Å². The molecule has 2 N–H and O–H groups in total. The van der Waals surface area contributed by atoms with Gasteiger partial charge in [-0.05, 0) is 48.8 Å². The van der Waals surface area contributed by atoms with Crippen molar-refractivity contribution in [1.29, 1.82) is 0 Å². The largest absolute Gasteiger partial charge is 0.324 e. The molecule has 0 radical (unpaired) electrons. The van der Waals surface area contributed by atoms with Crippen molar-refractivity contribution in [3.05, 3.63) is 29.7 Å². The van der Waals surface area contributed by atoms with Crippen molar-refractivity contribution in [3.8, 4) is 0 Å². The lowest BCUT2D eigenvalue weighted by atomic mass is 10.2. The topological polar surface area (TPSA) is 64.7 Å². The molecule has 0 aliphatic heterocycles. The lowest BCUT2D eigenvalue weighted by Crippen LogP contribution is -2.04. The van der Waals surface area contributed by atoms with Crippen LogP contribution in [0.1, 0.15) is 24.4 Å². The fraction of sp³-hybridized carbons (Fsp3) is 0.300. The smallest absolute Gasteiger partial charge is 0.176 e. The van der Waals surface area contributed by atoms with Crippen LogP contribution in [0.2, 0.25) is 0 Å². The third-order valence-corrected chi connectivity index (χ3v) is 3.78. The molecule has 0 unspecified atom stereocenters. The second kappa shape index (κ2) is 4.90. The minimum Gasteiger partial charge on any atom is -0.324 e. The number of pyridine rings is 1. The minimum atomic E-state index is 0.0234. The molecule has 2 aromatic rings. The van der Waals surface area contributed by atoms with Gasteiger partial charge < -0.3 is 5.73 Å². The van der Waals surface area contributed by atoms with E-state index in [2.05, 4.69) is 14.3 Å². The maximum atomic E-state index is 5.75. The van der Waals surface area contributed by atoms with Gasteiger partial charge in [-0.25, -0.2) is 9.97 Å². The number of aryl methyl sites for hydroxylation is 1. The molecule has 2 aromatic heterocycles. The Hall–Kier alpha value is -0.980. The first-order valence-electron chi connectivity index (χ1n) is 4.85. The molecule has 0 bridgehead atoms. The van der Waals surface area contributed by atoms with Crippen LogP contribution in [-0.2, 0) is 0 Å². The molecule has 0 saturated carbocycles. The molecule has 0 aromatic carbocycles. The van der Waals surface area contributed by atoms with E-state index in [1.807, 2.05) is 26.0 Å². The highest BCUT2D eigenvalue weighted by molar-refractivity contribution is 8.00. The summed E-state index contributed by atoms with van der Waals surface area (Å²) >= 11 is 2.91. The standard InChI is InChI=1S/C10H12N4S2/c1-6(11)8-3-4-9(12-5-8)15-10-13-7(2)14-16-10/h3-6H,11H2,1-2H3/t6-/m0/s1. The third-order valence-electron chi connectivity index (χ3n) is 1.99. The van der Waals surface area contributed by atoms with Crippen LogP contribution in [0.3, 0.4) is 0 Å². The highest BCUT2D eigenvalue weighted by Gasteiger charge is 2.05. The molecular formula is C10H12N4S2.